The van der Waals surface area contributed by atoms with Crippen LogP contribution in [0.5, 0.6) is 5.75 Å². The summed E-state index contributed by atoms with van der Waals surface area (Å²) >= 11 is 0. The molecule has 20 heavy (non-hydrogen) atoms. The Morgan fingerprint density at radius 3 is 2.30 bits per heavy atom. The van der Waals surface area contributed by atoms with Crippen LogP contribution in [0.3, 0.4) is 0 Å². The van der Waals surface area contributed by atoms with Crippen LogP contribution in [0.4, 0.5) is 10.5 Å². The van der Waals surface area contributed by atoms with E-state index in [2.05, 4.69) is 5.32 Å². The van der Waals surface area contributed by atoms with E-state index in [4.69, 9.17) is 14.6 Å². The van der Waals surface area contributed by atoms with Gasteiger partial charge in [0, 0.05) is 5.56 Å². The number of hydrogen-bond acceptors (Lipinski definition) is 4. The Labute approximate surface area is 117 Å². The highest BCUT2D eigenvalue weighted by Gasteiger charge is 2.19. The Balaban J connectivity index is 3.08. The van der Waals surface area contributed by atoms with Crippen LogP contribution >= 0.6 is 0 Å². The summed E-state index contributed by atoms with van der Waals surface area (Å²) in [6, 6.07) is 2.77. The van der Waals surface area contributed by atoms with Crippen molar-refractivity contribution in [1.29, 1.82) is 0 Å². The third-order valence-corrected chi connectivity index (χ3v) is 2.46. The third kappa shape index (κ3) is 4.15. The fourth-order valence-corrected chi connectivity index (χ4v) is 1.57. The largest absolute Gasteiger partial charge is 0.496 e. The standard InChI is InChI=1S/C14H19NO5/c1-8-10(15-13(18)20-14(2,3)4)6-9(12(16)17)7-11(8)19-5/h6-7H,1-5H3,(H,15,18)(H,16,17). The Hall–Kier alpha value is -2.24. The number of nitrogens with one attached hydrogen (secondary N) is 1. The van der Waals surface area contributed by atoms with E-state index in [1.54, 1.807) is 27.7 Å². The molecule has 0 aliphatic heterocycles. The minimum Gasteiger partial charge on any atom is -0.496 e. The minimum absolute atomic E-state index is 0.0264. The van der Waals surface area contributed by atoms with Gasteiger partial charge in [-0.25, -0.2) is 9.59 Å². The molecule has 110 valence electrons. The number of rotatable bonds is 3. The predicted molar refractivity (Wildman–Crippen MR) is 74.5 cm³/mol. The van der Waals surface area contributed by atoms with E-state index >= 15 is 0 Å². The lowest BCUT2D eigenvalue weighted by Crippen LogP contribution is -2.27. The normalized spacial score (nSPS) is 10.8. The van der Waals surface area contributed by atoms with Crippen molar-refractivity contribution in [1.82, 2.24) is 0 Å². The molecule has 1 amide bonds. The zero-order valence-corrected chi connectivity index (χ0v) is 12.2. The molecule has 0 saturated heterocycles. The maximum atomic E-state index is 11.7. The molecule has 0 unspecified atom stereocenters. The topological polar surface area (TPSA) is 84.9 Å². The zero-order chi connectivity index (χ0) is 15.5. The van der Waals surface area contributed by atoms with E-state index in [-0.39, 0.29) is 5.56 Å². The molecule has 1 aromatic rings. The summed E-state index contributed by atoms with van der Waals surface area (Å²) in [6.45, 7) is 6.95. The first-order valence-electron chi connectivity index (χ1n) is 6.06. The lowest BCUT2D eigenvalue weighted by atomic mass is 10.1. The van der Waals surface area contributed by atoms with E-state index < -0.39 is 17.7 Å². The lowest BCUT2D eigenvalue weighted by Gasteiger charge is -2.20. The number of amides is 1. The van der Waals surface area contributed by atoms with Gasteiger partial charge in [-0.2, -0.15) is 0 Å². The number of anilines is 1. The fraction of sp³-hybridized carbons (Fsp3) is 0.429. The Morgan fingerprint density at radius 2 is 1.85 bits per heavy atom. The summed E-state index contributed by atoms with van der Waals surface area (Å²) in [7, 11) is 1.44. The summed E-state index contributed by atoms with van der Waals surface area (Å²) < 4.78 is 10.2. The van der Waals surface area contributed by atoms with Crippen molar-refractivity contribution in [2.24, 2.45) is 0 Å². The van der Waals surface area contributed by atoms with Crippen molar-refractivity contribution in [2.45, 2.75) is 33.3 Å². The van der Waals surface area contributed by atoms with Gasteiger partial charge in [0.05, 0.1) is 18.4 Å². The molecule has 1 aromatic carbocycles. The minimum atomic E-state index is -1.10. The maximum absolute atomic E-state index is 11.7. The average Bonchev–Trinajstić information content (AvgIpc) is 2.28. The molecule has 0 aliphatic rings. The highest BCUT2D eigenvalue weighted by molar-refractivity contribution is 5.93. The predicted octanol–water partition coefficient (Wildman–Crippen LogP) is 3.05. The Bertz CT molecular complexity index is 531. The van der Waals surface area contributed by atoms with Crippen molar-refractivity contribution in [3.8, 4) is 5.75 Å². The molecule has 6 nitrogen and oxygen atoms in total. The first-order chi connectivity index (χ1) is 9.14. The number of ether oxygens (including phenoxy) is 2. The molecule has 0 radical (unpaired) electrons. The van der Waals surface area contributed by atoms with Crippen LogP contribution in [-0.4, -0.2) is 29.9 Å². The van der Waals surface area contributed by atoms with Crippen molar-refractivity contribution < 1.29 is 24.2 Å². The van der Waals surface area contributed by atoms with Gasteiger partial charge in [-0.15, -0.1) is 0 Å². The molecule has 0 saturated carbocycles. The maximum Gasteiger partial charge on any atom is 0.412 e. The number of carbonyl (C=O) groups excluding carboxylic acids is 1. The molecule has 6 heteroatoms. The summed E-state index contributed by atoms with van der Waals surface area (Å²) in [5.74, 6) is -0.716. The quantitative estimate of drug-likeness (QED) is 0.889. The molecular weight excluding hydrogens is 262 g/mol. The van der Waals surface area contributed by atoms with Crippen LogP contribution in [0.1, 0.15) is 36.7 Å². The van der Waals surface area contributed by atoms with Crippen LogP contribution in [0.25, 0.3) is 0 Å². The third-order valence-electron chi connectivity index (χ3n) is 2.46. The monoisotopic (exact) mass is 281 g/mol. The molecule has 0 atom stereocenters. The van der Waals surface area contributed by atoms with Crippen LogP contribution in [0, 0.1) is 6.92 Å². The Kier molecular flexibility index (Phi) is 4.60. The van der Waals surface area contributed by atoms with Crippen molar-refractivity contribution in [3.05, 3.63) is 23.3 Å². The summed E-state index contributed by atoms with van der Waals surface area (Å²) in [5.41, 5.74) is 0.366. The highest BCUT2D eigenvalue weighted by atomic mass is 16.6. The summed E-state index contributed by atoms with van der Waals surface area (Å²) in [5, 5.41) is 11.6. The van der Waals surface area contributed by atoms with E-state index in [1.165, 1.54) is 19.2 Å². The van der Waals surface area contributed by atoms with E-state index in [9.17, 15) is 9.59 Å². The van der Waals surface area contributed by atoms with Crippen molar-refractivity contribution in [2.75, 3.05) is 12.4 Å². The number of carboxylic acids is 1. The number of benzene rings is 1. The molecule has 1 rings (SSSR count). The van der Waals surface area contributed by atoms with E-state index in [1.807, 2.05) is 0 Å². The van der Waals surface area contributed by atoms with Crippen molar-refractivity contribution >= 4 is 17.7 Å². The van der Waals surface area contributed by atoms with Gasteiger partial charge in [0.15, 0.2) is 0 Å². The Morgan fingerprint density at radius 1 is 1.25 bits per heavy atom. The van der Waals surface area contributed by atoms with Crippen molar-refractivity contribution in [3.63, 3.8) is 0 Å². The molecule has 0 fully saturated rings. The number of aromatic carboxylic acids is 1. The van der Waals surface area contributed by atoms with E-state index in [0.29, 0.717) is 17.0 Å². The molecule has 0 spiro atoms. The second kappa shape index (κ2) is 5.81. The van der Waals surface area contributed by atoms with Gasteiger partial charge in [0.1, 0.15) is 11.4 Å². The number of carboxylic acid groups (broad SMARTS) is 1. The molecule has 0 aliphatic carbocycles. The van der Waals surface area contributed by atoms with Gasteiger partial charge in [0.25, 0.3) is 0 Å². The first-order valence-corrected chi connectivity index (χ1v) is 6.06. The first kappa shape index (κ1) is 15.8. The molecular formula is C14H19NO5. The smallest absolute Gasteiger partial charge is 0.412 e. The van der Waals surface area contributed by atoms with Gasteiger partial charge in [0.2, 0.25) is 0 Å². The van der Waals surface area contributed by atoms with Crippen LogP contribution in [-0.2, 0) is 4.74 Å². The zero-order valence-electron chi connectivity index (χ0n) is 12.2. The van der Waals surface area contributed by atoms with E-state index in [0.717, 1.165) is 0 Å². The number of methoxy groups -OCH3 is 1. The second-order valence-corrected chi connectivity index (χ2v) is 5.28. The summed E-state index contributed by atoms with van der Waals surface area (Å²) in [6.07, 6.45) is -0.648. The van der Waals surface area contributed by atoms with Gasteiger partial charge in [-0.05, 0) is 39.8 Å². The van der Waals surface area contributed by atoms with Gasteiger partial charge >= 0.3 is 12.1 Å². The van der Waals surface area contributed by atoms with Gasteiger partial charge < -0.3 is 14.6 Å². The fourth-order valence-electron chi connectivity index (χ4n) is 1.57. The summed E-state index contributed by atoms with van der Waals surface area (Å²) in [4.78, 5) is 22.8. The van der Waals surface area contributed by atoms with Gasteiger partial charge in [-0.1, -0.05) is 0 Å². The van der Waals surface area contributed by atoms with Crippen LogP contribution in [0.2, 0.25) is 0 Å². The molecule has 0 heterocycles. The molecule has 0 aromatic heterocycles. The number of carbonyl (C=O) groups is 2. The SMILES string of the molecule is COc1cc(C(=O)O)cc(NC(=O)OC(C)(C)C)c1C. The molecule has 2 N–H and O–H groups in total. The molecule has 0 bridgehead atoms. The lowest BCUT2D eigenvalue weighted by molar-refractivity contribution is 0.0632. The average molecular weight is 281 g/mol. The second-order valence-electron chi connectivity index (χ2n) is 5.28. The van der Waals surface area contributed by atoms with Crippen LogP contribution in [0.15, 0.2) is 12.1 Å². The highest BCUT2D eigenvalue weighted by Crippen LogP contribution is 2.28. The van der Waals surface area contributed by atoms with Crippen LogP contribution < -0.4 is 10.1 Å². The van der Waals surface area contributed by atoms with Gasteiger partial charge in [-0.3, -0.25) is 5.32 Å². The number of hydrogen-bond donors (Lipinski definition) is 2.